The predicted octanol–water partition coefficient (Wildman–Crippen LogP) is -2.95. The summed E-state index contributed by atoms with van der Waals surface area (Å²) < 4.78 is 0. The lowest BCUT2D eigenvalue weighted by molar-refractivity contribution is 0.0698. The summed E-state index contributed by atoms with van der Waals surface area (Å²) >= 11 is 0. The van der Waals surface area contributed by atoms with Crippen LogP contribution in [0.15, 0.2) is 12.1 Å². The molecule has 0 spiro atoms. The fourth-order valence-electron chi connectivity index (χ4n) is 1.55. The normalized spacial score (nSPS) is 10.1. The van der Waals surface area contributed by atoms with Crippen LogP contribution in [0.3, 0.4) is 0 Å². The zero-order chi connectivity index (χ0) is 12.5. The number of carbonyl (C=O) groups is 1. The number of aromatic carboxylic acids is 1. The highest BCUT2D eigenvalue weighted by atomic mass is 16.4. The van der Waals surface area contributed by atoms with Crippen LogP contribution < -0.4 is 10.9 Å². The number of carboxylic acid groups (broad SMARTS) is 1. The lowest BCUT2D eigenvalue weighted by Crippen LogP contribution is -2.53. The second-order valence-electron chi connectivity index (χ2n) is 3.31. The van der Waals surface area contributed by atoms with Crippen molar-refractivity contribution in [3.05, 3.63) is 23.3 Å². The van der Waals surface area contributed by atoms with Crippen molar-refractivity contribution in [2.75, 3.05) is 0 Å². The van der Waals surface area contributed by atoms with E-state index in [-0.39, 0.29) is 11.0 Å². The molecule has 0 aliphatic heterocycles. The van der Waals surface area contributed by atoms with Crippen LogP contribution in [-0.2, 0) is 0 Å². The number of hydrogen-bond donors (Lipinski definition) is 5. The Morgan fingerprint density at radius 3 is 1.94 bits per heavy atom. The van der Waals surface area contributed by atoms with Crippen molar-refractivity contribution in [2.45, 2.75) is 6.92 Å². The van der Waals surface area contributed by atoms with E-state index < -0.39 is 25.7 Å². The third kappa shape index (κ3) is 2.25. The molecule has 1 rings (SSSR count). The summed E-state index contributed by atoms with van der Waals surface area (Å²) in [7, 11) is -4.04. The molecule has 1 aromatic carbocycles. The maximum absolute atomic E-state index is 10.8. The summed E-state index contributed by atoms with van der Waals surface area (Å²) in [6, 6.07) is 2.54. The van der Waals surface area contributed by atoms with E-state index >= 15 is 0 Å². The third-order valence-electron chi connectivity index (χ3n) is 2.25. The van der Waals surface area contributed by atoms with E-state index in [0.717, 1.165) is 0 Å². The quantitative estimate of drug-likeness (QED) is 0.350. The SMILES string of the molecule is Cc1ccc(C(=O)O)c(B(O)O)c1B(O)O. The van der Waals surface area contributed by atoms with Gasteiger partial charge in [0.25, 0.3) is 0 Å². The third-order valence-corrected chi connectivity index (χ3v) is 2.25. The molecule has 16 heavy (non-hydrogen) atoms. The maximum atomic E-state index is 10.8. The molecule has 5 N–H and O–H groups in total. The number of carboxylic acids is 1. The number of rotatable bonds is 3. The van der Waals surface area contributed by atoms with Crippen molar-refractivity contribution in [1.82, 2.24) is 0 Å². The van der Waals surface area contributed by atoms with E-state index in [4.69, 9.17) is 25.2 Å². The van der Waals surface area contributed by atoms with Gasteiger partial charge >= 0.3 is 20.2 Å². The summed E-state index contributed by atoms with van der Waals surface area (Å²) in [4.78, 5) is 10.8. The highest BCUT2D eigenvalue weighted by Gasteiger charge is 2.30. The Labute approximate surface area is 92.1 Å². The average Bonchev–Trinajstić information content (AvgIpc) is 2.15. The maximum Gasteiger partial charge on any atom is 0.488 e. The van der Waals surface area contributed by atoms with Gasteiger partial charge in [0.05, 0.1) is 5.56 Å². The molecule has 0 bridgehead atoms. The summed E-state index contributed by atoms with van der Waals surface area (Å²) in [6.07, 6.45) is 0. The van der Waals surface area contributed by atoms with Crippen molar-refractivity contribution in [1.29, 1.82) is 0 Å². The fraction of sp³-hybridized carbons (Fsp3) is 0.125. The van der Waals surface area contributed by atoms with Crippen LogP contribution in [0.5, 0.6) is 0 Å². The smallest absolute Gasteiger partial charge is 0.478 e. The van der Waals surface area contributed by atoms with Crippen LogP contribution in [0, 0.1) is 6.92 Å². The predicted molar refractivity (Wildman–Crippen MR) is 57.8 cm³/mol. The minimum absolute atomic E-state index is 0.199. The number of benzene rings is 1. The van der Waals surface area contributed by atoms with Gasteiger partial charge in [-0.3, -0.25) is 0 Å². The van der Waals surface area contributed by atoms with Crippen molar-refractivity contribution < 1.29 is 30.0 Å². The average molecular weight is 224 g/mol. The highest BCUT2D eigenvalue weighted by molar-refractivity contribution is 6.73. The zero-order valence-corrected chi connectivity index (χ0v) is 8.45. The van der Waals surface area contributed by atoms with Gasteiger partial charge in [0.1, 0.15) is 0 Å². The first kappa shape index (κ1) is 12.7. The molecule has 0 aliphatic rings. The summed E-state index contributed by atoms with van der Waals surface area (Å²) in [5.74, 6) is -1.37. The Morgan fingerprint density at radius 2 is 1.56 bits per heavy atom. The Bertz CT molecular complexity index is 417. The number of hydrogen-bond acceptors (Lipinski definition) is 5. The van der Waals surface area contributed by atoms with Crippen LogP contribution in [0.2, 0.25) is 0 Å². The molecular weight excluding hydrogens is 214 g/mol. The molecule has 84 valence electrons. The van der Waals surface area contributed by atoms with Crippen LogP contribution >= 0.6 is 0 Å². The Kier molecular flexibility index (Phi) is 3.71. The Balaban J connectivity index is 3.56. The summed E-state index contributed by atoms with van der Waals surface area (Å²) in [6.45, 7) is 1.51. The molecule has 0 amide bonds. The molecule has 8 heteroatoms. The van der Waals surface area contributed by atoms with E-state index in [2.05, 4.69) is 0 Å². The minimum atomic E-state index is -2.08. The minimum Gasteiger partial charge on any atom is -0.478 e. The van der Waals surface area contributed by atoms with E-state index in [0.29, 0.717) is 5.56 Å². The van der Waals surface area contributed by atoms with Crippen LogP contribution in [-0.4, -0.2) is 45.4 Å². The van der Waals surface area contributed by atoms with Crippen molar-refractivity contribution in [3.8, 4) is 0 Å². The van der Waals surface area contributed by atoms with Gasteiger partial charge in [-0.15, -0.1) is 0 Å². The van der Waals surface area contributed by atoms with Crippen molar-refractivity contribution in [2.24, 2.45) is 0 Å². The van der Waals surface area contributed by atoms with Gasteiger partial charge in [-0.2, -0.15) is 0 Å². The summed E-state index contributed by atoms with van der Waals surface area (Å²) in [5.41, 5.74) is -0.607. The lowest BCUT2D eigenvalue weighted by atomic mass is 9.62. The van der Waals surface area contributed by atoms with Gasteiger partial charge in [0.15, 0.2) is 0 Å². The lowest BCUT2D eigenvalue weighted by Gasteiger charge is -2.14. The second kappa shape index (κ2) is 4.67. The first-order valence-corrected chi connectivity index (χ1v) is 4.45. The first-order chi connectivity index (χ1) is 7.36. The molecule has 6 nitrogen and oxygen atoms in total. The van der Waals surface area contributed by atoms with Crippen LogP contribution in [0.4, 0.5) is 0 Å². The van der Waals surface area contributed by atoms with Gasteiger partial charge in [-0.05, 0) is 23.9 Å². The van der Waals surface area contributed by atoms with Crippen LogP contribution in [0.1, 0.15) is 15.9 Å². The molecule has 1 aromatic rings. The molecule has 0 atom stereocenters. The van der Waals surface area contributed by atoms with Gasteiger partial charge < -0.3 is 25.2 Å². The molecule has 0 aliphatic carbocycles. The molecular formula is C8H10B2O6. The molecule has 0 unspecified atom stereocenters. The van der Waals surface area contributed by atoms with Gasteiger partial charge in [-0.25, -0.2) is 4.79 Å². The monoisotopic (exact) mass is 224 g/mol. The topological polar surface area (TPSA) is 118 Å². The largest absolute Gasteiger partial charge is 0.488 e. The van der Waals surface area contributed by atoms with E-state index in [1.807, 2.05) is 0 Å². The molecule has 0 radical (unpaired) electrons. The number of aryl methyl sites for hydroxylation is 1. The molecule has 0 fully saturated rings. The van der Waals surface area contributed by atoms with Crippen molar-refractivity contribution in [3.63, 3.8) is 0 Å². The van der Waals surface area contributed by atoms with Gasteiger partial charge in [0.2, 0.25) is 0 Å². The van der Waals surface area contributed by atoms with Crippen LogP contribution in [0.25, 0.3) is 0 Å². The first-order valence-electron chi connectivity index (χ1n) is 4.45. The fourth-order valence-corrected chi connectivity index (χ4v) is 1.55. The van der Waals surface area contributed by atoms with Gasteiger partial charge in [-0.1, -0.05) is 11.6 Å². The molecule has 0 saturated heterocycles. The molecule has 0 aromatic heterocycles. The van der Waals surface area contributed by atoms with E-state index in [1.165, 1.54) is 19.1 Å². The molecule has 0 saturated carbocycles. The zero-order valence-electron chi connectivity index (χ0n) is 8.45. The van der Waals surface area contributed by atoms with Crippen molar-refractivity contribution >= 4 is 31.1 Å². The standard InChI is InChI=1S/C8H10B2O6/c1-4-2-3-5(8(11)12)7(10(15)16)6(4)9(13)14/h2-3,13-16H,1H3,(H,11,12). The van der Waals surface area contributed by atoms with E-state index in [1.54, 1.807) is 0 Å². The molecule has 0 heterocycles. The second-order valence-corrected chi connectivity index (χ2v) is 3.31. The summed E-state index contributed by atoms with van der Waals surface area (Å²) in [5, 5.41) is 45.1. The van der Waals surface area contributed by atoms with Gasteiger partial charge in [0, 0.05) is 0 Å². The highest BCUT2D eigenvalue weighted by Crippen LogP contribution is 2.01. The Morgan fingerprint density at radius 1 is 1.06 bits per heavy atom. The van der Waals surface area contributed by atoms with E-state index in [9.17, 15) is 4.79 Å². The Hall–Kier alpha value is -1.34.